The smallest absolute Gasteiger partial charge is 0.170 e. The molecule has 0 aliphatic heterocycles. The van der Waals surface area contributed by atoms with Crippen LogP contribution in [0.1, 0.15) is 29.6 Å². The Morgan fingerprint density at radius 2 is 1.88 bits per heavy atom. The number of rotatable bonds is 7. The molecule has 0 amide bonds. The third-order valence-electron chi connectivity index (χ3n) is 6.46. The van der Waals surface area contributed by atoms with Crippen LogP contribution in [0, 0.1) is 5.92 Å². The highest BCUT2D eigenvalue weighted by Gasteiger charge is 2.32. The van der Waals surface area contributed by atoms with Gasteiger partial charge in [0.15, 0.2) is 5.78 Å². The average molecular weight is 447 g/mol. The van der Waals surface area contributed by atoms with Gasteiger partial charge in [-0.3, -0.25) is 14.0 Å². The summed E-state index contributed by atoms with van der Waals surface area (Å²) in [6, 6.07) is 9.72. The minimum atomic E-state index is -0.404. The molecule has 0 spiro atoms. The monoisotopic (exact) mass is 446 g/mol. The first-order chi connectivity index (χ1) is 16.0. The molecular weight excluding hydrogens is 420 g/mol. The molecule has 0 bridgehead atoms. The standard InChI is InChI=1S/C25H26N4O4/c1-28-13-17(12-27-28)15-4-6-20-19(8-15)26-14-29(20)18-10-23(32-2)25(24(11-18)33-3)22(31)9-16-5-7-21(16)30/h4,6,8,10-14,16,21,30H,5,7,9H2,1-3H3/t16-,21+/m0/s1. The molecular formula is C25H26N4O4. The summed E-state index contributed by atoms with van der Waals surface area (Å²) in [6.45, 7) is 0. The van der Waals surface area contributed by atoms with Gasteiger partial charge < -0.3 is 14.6 Å². The Balaban J connectivity index is 1.53. The van der Waals surface area contributed by atoms with E-state index >= 15 is 0 Å². The number of imidazole rings is 1. The Kier molecular flexibility index (Phi) is 5.38. The summed E-state index contributed by atoms with van der Waals surface area (Å²) in [5.41, 5.74) is 5.01. The minimum Gasteiger partial charge on any atom is -0.496 e. The average Bonchev–Trinajstić information content (AvgIpc) is 3.46. The summed E-state index contributed by atoms with van der Waals surface area (Å²) >= 11 is 0. The predicted molar refractivity (Wildman–Crippen MR) is 124 cm³/mol. The molecule has 1 fully saturated rings. The van der Waals surface area contributed by atoms with Crippen LogP contribution in [0.5, 0.6) is 11.5 Å². The second-order valence-corrected chi connectivity index (χ2v) is 8.48. The fourth-order valence-electron chi connectivity index (χ4n) is 4.41. The van der Waals surface area contributed by atoms with E-state index in [9.17, 15) is 9.90 Å². The third kappa shape index (κ3) is 3.76. The molecule has 1 aliphatic rings. The van der Waals surface area contributed by atoms with Gasteiger partial charge in [-0.15, -0.1) is 0 Å². The highest BCUT2D eigenvalue weighted by Crippen LogP contribution is 2.38. The zero-order valence-electron chi connectivity index (χ0n) is 18.9. The molecule has 0 saturated heterocycles. The fraction of sp³-hybridized carbons (Fsp3) is 0.320. The summed E-state index contributed by atoms with van der Waals surface area (Å²) in [7, 11) is 4.97. The number of aliphatic hydroxyl groups excluding tert-OH is 1. The molecule has 2 aromatic carbocycles. The lowest BCUT2D eigenvalue weighted by molar-refractivity contribution is 0.0197. The van der Waals surface area contributed by atoms with Gasteiger partial charge in [-0.1, -0.05) is 6.07 Å². The van der Waals surface area contributed by atoms with Crippen molar-refractivity contribution in [3.63, 3.8) is 0 Å². The molecule has 2 aromatic heterocycles. The number of fused-ring (bicyclic) bond motifs is 1. The lowest BCUT2D eigenvalue weighted by Crippen LogP contribution is -2.33. The molecule has 1 N–H and O–H groups in total. The van der Waals surface area contributed by atoms with Gasteiger partial charge in [0.2, 0.25) is 0 Å². The highest BCUT2D eigenvalue weighted by atomic mass is 16.5. The Morgan fingerprint density at radius 3 is 2.45 bits per heavy atom. The van der Waals surface area contributed by atoms with E-state index in [0.29, 0.717) is 17.1 Å². The number of ether oxygens (including phenoxy) is 2. The van der Waals surface area contributed by atoms with Gasteiger partial charge in [0.05, 0.1) is 43.2 Å². The van der Waals surface area contributed by atoms with Crippen molar-refractivity contribution in [2.24, 2.45) is 13.0 Å². The van der Waals surface area contributed by atoms with Crippen LogP contribution in [0.4, 0.5) is 0 Å². The topological polar surface area (TPSA) is 91.4 Å². The number of hydrogen-bond acceptors (Lipinski definition) is 6. The zero-order valence-corrected chi connectivity index (χ0v) is 18.9. The number of aryl methyl sites for hydroxylation is 1. The fourth-order valence-corrected chi connectivity index (χ4v) is 4.41. The van der Waals surface area contributed by atoms with Crippen molar-refractivity contribution in [1.82, 2.24) is 19.3 Å². The van der Waals surface area contributed by atoms with Crippen LogP contribution < -0.4 is 9.47 Å². The molecule has 2 atom stereocenters. The number of ketones is 1. The second kappa shape index (κ2) is 8.37. The second-order valence-electron chi connectivity index (χ2n) is 8.48. The first-order valence-electron chi connectivity index (χ1n) is 10.9. The molecule has 0 unspecified atom stereocenters. The number of aliphatic hydroxyl groups is 1. The number of benzene rings is 2. The van der Waals surface area contributed by atoms with Crippen molar-refractivity contribution in [2.75, 3.05) is 14.2 Å². The lowest BCUT2D eigenvalue weighted by Gasteiger charge is -2.32. The Morgan fingerprint density at radius 1 is 1.12 bits per heavy atom. The van der Waals surface area contributed by atoms with Crippen LogP contribution in [0.15, 0.2) is 49.1 Å². The summed E-state index contributed by atoms with van der Waals surface area (Å²) in [6.07, 6.45) is 7.02. The van der Waals surface area contributed by atoms with Crippen LogP contribution in [0.3, 0.4) is 0 Å². The van der Waals surface area contributed by atoms with Gasteiger partial charge in [0, 0.05) is 37.4 Å². The van der Waals surface area contributed by atoms with Gasteiger partial charge in [0.25, 0.3) is 0 Å². The van der Waals surface area contributed by atoms with E-state index in [-0.39, 0.29) is 18.1 Å². The SMILES string of the molecule is COc1cc(-n2cnc3cc(-c4cnn(C)c4)ccc32)cc(OC)c1C(=O)C[C@@H]1CC[C@H]1O. The number of methoxy groups -OCH3 is 2. The number of carbonyl (C=O) groups is 1. The maximum Gasteiger partial charge on any atom is 0.170 e. The number of aromatic nitrogens is 4. The maximum atomic E-state index is 13.0. The maximum absolute atomic E-state index is 13.0. The molecule has 0 radical (unpaired) electrons. The van der Waals surface area contributed by atoms with Gasteiger partial charge in [-0.2, -0.15) is 5.10 Å². The minimum absolute atomic E-state index is 0.00167. The van der Waals surface area contributed by atoms with E-state index in [1.165, 1.54) is 0 Å². The number of carbonyl (C=O) groups excluding carboxylic acids is 1. The normalized spacial score (nSPS) is 17.7. The predicted octanol–water partition coefficient (Wildman–Crippen LogP) is 3.79. The van der Waals surface area contributed by atoms with Crippen LogP contribution in [0.2, 0.25) is 0 Å². The number of hydrogen-bond donors (Lipinski definition) is 1. The summed E-state index contributed by atoms with van der Waals surface area (Å²) in [5, 5.41) is 14.1. The van der Waals surface area contributed by atoms with Crippen molar-refractivity contribution in [3.8, 4) is 28.3 Å². The quantitative estimate of drug-likeness (QED) is 0.435. The molecule has 33 heavy (non-hydrogen) atoms. The molecule has 2 heterocycles. The Labute approximate surface area is 191 Å². The van der Waals surface area contributed by atoms with E-state index in [1.54, 1.807) is 25.2 Å². The number of Topliss-reactive ketones (excluding diaryl/α,β-unsaturated/α-hetero) is 1. The zero-order chi connectivity index (χ0) is 23.1. The van der Waals surface area contributed by atoms with Crippen LogP contribution in [-0.2, 0) is 7.05 Å². The molecule has 5 rings (SSSR count). The van der Waals surface area contributed by atoms with Gasteiger partial charge in [-0.05, 0) is 36.5 Å². The van der Waals surface area contributed by atoms with Crippen molar-refractivity contribution in [3.05, 3.63) is 54.6 Å². The first kappa shape index (κ1) is 21.2. The van der Waals surface area contributed by atoms with Crippen molar-refractivity contribution in [2.45, 2.75) is 25.4 Å². The van der Waals surface area contributed by atoms with E-state index in [2.05, 4.69) is 10.1 Å². The van der Waals surface area contributed by atoms with Gasteiger partial charge >= 0.3 is 0 Å². The van der Waals surface area contributed by atoms with Crippen molar-refractivity contribution < 1.29 is 19.4 Å². The summed E-state index contributed by atoms with van der Waals surface area (Å²) in [4.78, 5) is 17.6. The largest absolute Gasteiger partial charge is 0.496 e. The Bertz CT molecular complexity index is 1310. The van der Waals surface area contributed by atoms with E-state index < -0.39 is 6.10 Å². The molecule has 170 valence electrons. The molecule has 1 aliphatic carbocycles. The van der Waals surface area contributed by atoms with Crippen molar-refractivity contribution >= 4 is 16.8 Å². The van der Waals surface area contributed by atoms with E-state index in [4.69, 9.17) is 9.47 Å². The molecule has 8 heteroatoms. The van der Waals surface area contributed by atoms with Gasteiger partial charge in [-0.25, -0.2) is 4.98 Å². The van der Waals surface area contributed by atoms with Gasteiger partial charge in [0.1, 0.15) is 23.4 Å². The molecule has 1 saturated carbocycles. The summed E-state index contributed by atoms with van der Waals surface area (Å²) < 4.78 is 14.9. The van der Waals surface area contributed by atoms with Crippen molar-refractivity contribution in [1.29, 1.82) is 0 Å². The van der Waals surface area contributed by atoms with E-state index in [0.717, 1.165) is 40.7 Å². The highest BCUT2D eigenvalue weighted by molar-refractivity contribution is 6.02. The molecule has 8 nitrogen and oxygen atoms in total. The number of nitrogens with zero attached hydrogens (tertiary/aromatic N) is 4. The van der Waals surface area contributed by atoms with Crippen LogP contribution >= 0.6 is 0 Å². The Hall–Kier alpha value is -3.65. The summed E-state index contributed by atoms with van der Waals surface area (Å²) in [5.74, 6) is 0.794. The van der Waals surface area contributed by atoms with E-state index in [1.807, 2.05) is 54.3 Å². The lowest BCUT2D eigenvalue weighted by atomic mass is 9.78. The third-order valence-corrected chi connectivity index (χ3v) is 6.46. The van der Waals surface area contributed by atoms with Crippen LogP contribution in [-0.4, -0.2) is 50.5 Å². The molecule has 4 aromatic rings. The van der Waals surface area contributed by atoms with Crippen LogP contribution in [0.25, 0.3) is 27.8 Å². The first-order valence-corrected chi connectivity index (χ1v) is 10.9.